The molecule has 0 saturated heterocycles. The van der Waals surface area contributed by atoms with Crippen LogP contribution in [0.5, 0.6) is 0 Å². The molecule has 1 N–H and O–H groups in total. The topological polar surface area (TPSA) is 45.0 Å². The van der Waals surface area contributed by atoms with Gasteiger partial charge in [0.25, 0.3) is 0 Å². The van der Waals surface area contributed by atoms with E-state index in [1.807, 2.05) is 6.07 Å². The molecule has 0 saturated carbocycles. The maximum atomic E-state index is 13.0. The SMILES string of the molecule is COCCCCNc1cc(F)cc(C#N)c1. The first-order valence-corrected chi connectivity index (χ1v) is 5.20. The second-order valence-electron chi connectivity index (χ2n) is 3.47. The summed E-state index contributed by atoms with van der Waals surface area (Å²) >= 11 is 0. The largest absolute Gasteiger partial charge is 0.385 e. The van der Waals surface area contributed by atoms with Crippen molar-refractivity contribution in [2.24, 2.45) is 0 Å². The molecule has 0 spiro atoms. The number of halogens is 1. The molecular formula is C12H15FN2O. The zero-order valence-electron chi connectivity index (χ0n) is 9.29. The van der Waals surface area contributed by atoms with Crippen LogP contribution in [0, 0.1) is 17.1 Å². The number of nitrogens with zero attached hydrogens (tertiary/aromatic N) is 1. The zero-order valence-corrected chi connectivity index (χ0v) is 9.29. The molecule has 0 radical (unpaired) electrons. The molecule has 0 aliphatic carbocycles. The Hall–Kier alpha value is -1.60. The standard InChI is InChI=1S/C12H15FN2O/c1-16-5-3-2-4-15-12-7-10(9-14)6-11(13)8-12/h6-8,15H,2-5H2,1H3. The van der Waals surface area contributed by atoms with E-state index in [9.17, 15) is 4.39 Å². The van der Waals surface area contributed by atoms with E-state index >= 15 is 0 Å². The number of anilines is 1. The highest BCUT2D eigenvalue weighted by atomic mass is 19.1. The lowest BCUT2D eigenvalue weighted by molar-refractivity contribution is 0.194. The van der Waals surface area contributed by atoms with Crippen molar-refractivity contribution in [1.82, 2.24) is 0 Å². The summed E-state index contributed by atoms with van der Waals surface area (Å²) in [5.41, 5.74) is 0.980. The van der Waals surface area contributed by atoms with E-state index in [0.29, 0.717) is 11.3 Å². The van der Waals surface area contributed by atoms with Crippen molar-refractivity contribution in [3.63, 3.8) is 0 Å². The van der Waals surface area contributed by atoms with Crippen LogP contribution in [-0.4, -0.2) is 20.3 Å². The first-order chi connectivity index (χ1) is 7.76. The van der Waals surface area contributed by atoms with Gasteiger partial charge >= 0.3 is 0 Å². The van der Waals surface area contributed by atoms with Crippen molar-refractivity contribution in [2.75, 3.05) is 25.6 Å². The summed E-state index contributed by atoms with van der Waals surface area (Å²) in [5, 5.41) is 11.7. The number of methoxy groups -OCH3 is 1. The lowest BCUT2D eigenvalue weighted by Gasteiger charge is -2.06. The number of hydrogen-bond donors (Lipinski definition) is 1. The minimum atomic E-state index is -0.390. The van der Waals surface area contributed by atoms with Crippen molar-refractivity contribution < 1.29 is 9.13 Å². The normalized spacial score (nSPS) is 9.81. The molecule has 0 heterocycles. The van der Waals surface area contributed by atoms with Gasteiger partial charge in [0.15, 0.2) is 0 Å². The van der Waals surface area contributed by atoms with Gasteiger partial charge in [0, 0.05) is 25.9 Å². The minimum absolute atomic E-state index is 0.333. The number of nitriles is 1. The van der Waals surface area contributed by atoms with Gasteiger partial charge in [-0.1, -0.05) is 0 Å². The van der Waals surface area contributed by atoms with Crippen molar-refractivity contribution in [3.05, 3.63) is 29.6 Å². The lowest BCUT2D eigenvalue weighted by atomic mass is 10.2. The summed E-state index contributed by atoms with van der Waals surface area (Å²) in [6.45, 7) is 1.48. The Kier molecular flexibility index (Phi) is 5.30. The lowest BCUT2D eigenvalue weighted by Crippen LogP contribution is -2.03. The van der Waals surface area contributed by atoms with Crippen LogP contribution in [0.2, 0.25) is 0 Å². The average molecular weight is 222 g/mol. The summed E-state index contributed by atoms with van der Waals surface area (Å²) in [4.78, 5) is 0. The van der Waals surface area contributed by atoms with Crippen LogP contribution in [0.1, 0.15) is 18.4 Å². The Labute approximate surface area is 94.8 Å². The third kappa shape index (κ3) is 4.28. The fourth-order valence-corrected chi connectivity index (χ4v) is 1.36. The molecule has 4 heteroatoms. The molecule has 1 aromatic rings. The number of ether oxygens (including phenoxy) is 1. The van der Waals surface area contributed by atoms with Gasteiger partial charge in [0.1, 0.15) is 5.82 Å². The molecule has 3 nitrogen and oxygen atoms in total. The van der Waals surface area contributed by atoms with Crippen LogP contribution in [0.15, 0.2) is 18.2 Å². The molecule has 0 atom stereocenters. The molecule has 0 unspecified atom stereocenters. The molecular weight excluding hydrogens is 207 g/mol. The van der Waals surface area contributed by atoms with Gasteiger partial charge in [-0.3, -0.25) is 0 Å². The molecule has 0 aliphatic rings. The summed E-state index contributed by atoms with van der Waals surface area (Å²) in [5.74, 6) is -0.390. The average Bonchev–Trinajstić information content (AvgIpc) is 2.28. The third-order valence-electron chi connectivity index (χ3n) is 2.13. The number of benzene rings is 1. The molecule has 0 aliphatic heterocycles. The van der Waals surface area contributed by atoms with Crippen LogP contribution in [-0.2, 0) is 4.74 Å². The number of nitrogens with one attached hydrogen (secondary N) is 1. The van der Waals surface area contributed by atoms with Crippen molar-refractivity contribution >= 4 is 5.69 Å². The highest BCUT2D eigenvalue weighted by molar-refractivity contribution is 5.49. The van der Waals surface area contributed by atoms with Crippen LogP contribution >= 0.6 is 0 Å². The number of rotatable bonds is 6. The zero-order chi connectivity index (χ0) is 11.8. The number of unbranched alkanes of at least 4 members (excludes halogenated alkanes) is 1. The predicted molar refractivity (Wildman–Crippen MR) is 60.7 cm³/mol. The van der Waals surface area contributed by atoms with Crippen molar-refractivity contribution in [3.8, 4) is 6.07 Å². The molecule has 1 rings (SSSR count). The van der Waals surface area contributed by atoms with Gasteiger partial charge in [-0.15, -0.1) is 0 Å². The van der Waals surface area contributed by atoms with E-state index in [-0.39, 0.29) is 0 Å². The van der Waals surface area contributed by atoms with Crippen molar-refractivity contribution in [2.45, 2.75) is 12.8 Å². The Bertz CT molecular complexity index is 374. The van der Waals surface area contributed by atoms with E-state index < -0.39 is 5.82 Å². The van der Waals surface area contributed by atoms with Crippen molar-refractivity contribution in [1.29, 1.82) is 5.26 Å². The molecule has 0 bridgehead atoms. The summed E-state index contributed by atoms with van der Waals surface area (Å²) in [6, 6.07) is 6.16. The molecule has 0 amide bonds. The summed E-state index contributed by atoms with van der Waals surface area (Å²) < 4.78 is 18.0. The Morgan fingerprint density at radius 3 is 2.88 bits per heavy atom. The van der Waals surface area contributed by atoms with Gasteiger partial charge in [-0.25, -0.2) is 4.39 Å². The van der Waals surface area contributed by atoms with Crippen LogP contribution in [0.3, 0.4) is 0 Å². The number of hydrogen-bond acceptors (Lipinski definition) is 3. The summed E-state index contributed by atoms with van der Waals surface area (Å²) in [7, 11) is 1.67. The van der Waals surface area contributed by atoms with Crippen LogP contribution < -0.4 is 5.32 Å². The Morgan fingerprint density at radius 2 is 2.19 bits per heavy atom. The Morgan fingerprint density at radius 1 is 1.38 bits per heavy atom. The second kappa shape index (κ2) is 6.81. The first kappa shape index (κ1) is 12.5. The highest BCUT2D eigenvalue weighted by Gasteiger charge is 1.99. The van der Waals surface area contributed by atoms with E-state index in [2.05, 4.69) is 5.32 Å². The third-order valence-corrected chi connectivity index (χ3v) is 2.13. The van der Waals surface area contributed by atoms with Crippen LogP contribution in [0.4, 0.5) is 10.1 Å². The Balaban J connectivity index is 2.42. The fourth-order valence-electron chi connectivity index (χ4n) is 1.36. The second-order valence-corrected chi connectivity index (χ2v) is 3.47. The van der Waals surface area contributed by atoms with E-state index in [0.717, 1.165) is 26.0 Å². The minimum Gasteiger partial charge on any atom is -0.385 e. The fraction of sp³-hybridized carbons (Fsp3) is 0.417. The maximum absolute atomic E-state index is 13.0. The van der Waals surface area contributed by atoms with Gasteiger partial charge in [0.2, 0.25) is 0 Å². The first-order valence-electron chi connectivity index (χ1n) is 5.20. The van der Waals surface area contributed by atoms with Crippen LogP contribution in [0.25, 0.3) is 0 Å². The molecule has 0 fully saturated rings. The molecule has 1 aromatic carbocycles. The highest BCUT2D eigenvalue weighted by Crippen LogP contribution is 2.13. The smallest absolute Gasteiger partial charge is 0.126 e. The summed E-state index contributed by atoms with van der Waals surface area (Å²) in [6.07, 6.45) is 1.91. The monoisotopic (exact) mass is 222 g/mol. The van der Waals surface area contributed by atoms with E-state index in [1.165, 1.54) is 12.1 Å². The van der Waals surface area contributed by atoms with Gasteiger partial charge in [0.05, 0.1) is 11.6 Å². The van der Waals surface area contributed by atoms with Gasteiger partial charge < -0.3 is 10.1 Å². The van der Waals surface area contributed by atoms with E-state index in [4.69, 9.17) is 10.00 Å². The van der Waals surface area contributed by atoms with Gasteiger partial charge in [-0.2, -0.15) is 5.26 Å². The van der Waals surface area contributed by atoms with E-state index in [1.54, 1.807) is 13.2 Å². The molecule has 16 heavy (non-hydrogen) atoms. The quantitative estimate of drug-likeness (QED) is 0.752. The molecule has 86 valence electrons. The molecule has 0 aromatic heterocycles. The predicted octanol–water partition coefficient (Wildman–Crippen LogP) is 2.54. The maximum Gasteiger partial charge on any atom is 0.126 e. The van der Waals surface area contributed by atoms with Gasteiger partial charge in [-0.05, 0) is 31.0 Å².